The molecule has 61 heavy (non-hydrogen) atoms. The number of aromatic hydroxyl groups is 1. The topological polar surface area (TPSA) is 55.3 Å². The monoisotopic (exact) mass is 972 g/mol. The molecule has 0 aliphatic carbocycles. The largest absolute Gasteiger partial charge is 0.509 e. The van der Waals surface area contributed by atoms with Crippen molar-refractivity contribution in [3.8, 4) is 67.5 Å². The zero-order valence-electron chi connectivity index (χ0n) is 35.1. The maximum atomic E-state index is 11.2. The van der Waals surface area contributed by atoms with E-state index in [4.69, 9.17) is 16.5 Å². The van der Waals surface area contributed by atoms with Crippen LogP contribution < -0.4 is 0 Å². The normalized spacial score (nSPS) is 11.7. The van der Waals surface area contributed by atoms with Crippen LogP contribution in [0.25, 0.3) is 88.4 Å². The van der Waals surface area contributed by atoms with Crippen molar-refractivity contribution in [2.45, 2.75) is 52.4 Å². The molecule has 0 unspecified atom stereocenters. The molecule has 9 aromatic rings. The van der Waals surface area contributed by atoms with Gasteiger partial charge in [-0.2, -0.15) is 0 Å². The second-order valence-corrected chi connectivity index (χ2v) is 17.5. The molecule has 302 valence electrons. The van der Waals surface area contributed by atoms with Crippen LogP contribution in [0.4, 0.5) is 5.69 Å². The third-order valence-corrected chi connectivity index (χ3v) is 11.3. The van der Waals surface area contributed by atoms with E-state index < -0.39 is 0 Å². The van der Waals surface area contributed by atoms with Gasteiger partial charge in [-0.1, -0.05) is 150 Å². The predicted octanol–water partition coefficient (Wildman–Crippen LogP) is 14.6. The van der Waals surface area contributed by atoms with Gasteiger partial charge in [-0.25, -0.2) is 4.85 Å². The number of phenols is 1. The van der Waals surface area contributed by atoms with Gasteiger partial charge in [-0.05, 0) is 75.0 Å². The van der Waals surface area contributed by atoms with Gasteiger partial charge in [0.2, 0.25) is 0 Å². The molecular weight excluding hydrogens is 928 g/mol. The van der Waals surface area contributed by atoms with E-state index in [9.17, 15) is 5.11 Å². The molecule has 0 spiro atoms. The van der Waals surface area contributed by atoms with E-state index in [1.807, 2.05) is 30.5 Å². The summed E-state index contributed by atoms with van der Waals surface area (Å²) in [5.74, 6) is 0.0120. The summed E-state index contributed by atoms with van der Waals surface area (Å²) in [5.41, 5.74) is 14.6. The number of fused-ring (bicyclic) bond motifs is 3. The van der Waals surface area contributed by atoms with Crippen LogP contribution in [0.15, 0.2) is 158 Å². The molecule has 0 atom stereocenters. The summed E-state index contributed by atoms with van der Waals surface area (Å²) in [4.78, 5) is 13.6. The zero-order chi connectivity index (χ0) is 41.8. The van der Waals surface area contributed by atoms with Crippen LogP contribution in [0.3, 0.4) is 0 Å². The van der Waals surface area contributed by atoms with Crippen LogP contribution in [0.2, 0.25) is 0 Å². The minimum Gasteiger partial charge on any atom is -0.509 e. The maximum absolute atomic E-state index is 11.2. The Morgan fingerprint density at radius 2 is 1.20 bits per heavy atom. The van der Waals surface area contributed by atoms with Gasteiger partial charge in [-0.15, -0.1) is 24.3 Å². The molecule has 0 aliphatic heterocycles. The first-order valence-corrected chi connectivity index (χ1v) is 20.3. The molecule has 0 amide bonds. The molecule has 3 heterocycles. The Morgan fingerprint density at radius 3 is 1.90 bits per heavy atom. The second kappa shape index (κ2) is 16.1. The summed E-state index contributed by atoms with van der Waals surface area (Å²) in [7, 11) is 0. The summed E-state index contributed by atoms with van der Waals surface area (Å²) in [6.07, 6.45) is 1.88. The number of hydrogen-bond donors (Lipinski definition) is 1. The van der Waals surface area contributed by atoms with Crippen molar-refractivity contribution in [3.63, 3.8) is 0 Å². The van der Waals surface area contributed by atoms with Gasteiger partial charge in [0.15, 0.2) is 5.69 Å². The maximum Gasteiger partial charge on any atom is 0.190 e. The number of aromatic nitrogens is 3. The third kappa shape index (κ3) is 7.93. The quantitative estimate of drug-likeness (QED) is 0.169. The summed E-state index contributed by atoms with van der Waals surface area (Å²) in [6, 6.07) is 55.7. The molecule has 9 rings (SSSR count). The van der Waals surface area contributed by atoms with E-state index in [1.54, 1.807) is 12.1 Å². The standard InChI is InChI=1S/C55H45N4O.Pt/c1-54(2,3)40-28-38(29-41(33-40)55(4,5)6)39-31-49(58-50(32-39)47-24-23-42(56-7)34-52(47)60)37-16-13-15-36(27-37)48-30-35(25-26-57-48)44-20-14-21-46-45-19-11-12-22-51(45)59(53(44)46)43-17-9-8-10-18-43;/h8-26,28-34,60H,1-6H3;/q-1;. The average Bonchev–Trinajstić information content (AvgIpc) is 3.60. The van der Waals surface area contributed by atoms with Gasteiger partial charge >= 0.3 is 0 Å². The Labute approximate surface area is 372 Å². The fourth-order valence-corrected chi connectivity index (χ4v) is 8.05. The molecule has 0 saturated heterocycles. The Morgan fingerprint density at radius 1 is 0.574 bits per heavy atom. The summed E-state index contributed by atoms with van der Waals surface area (Å²) >= 11 is 0. The van der Waals surface area contributed by atoms with E-state index in [1.165, 1.54) is 28.0 Å². The van der Waals surface area contributed by atoms with Crippen molar-refractivity contribution in [3.05, 3.63) is 186 Å². The molecule has 0 aliphatic rings. The van der Waals surface area contributed by atoms with E-state index in [-0.39, 0.29) is 37.6 Å². The van der Waals surface area contributed by atoms with Crippen molar-refractivity contribution in [2.75, 3.05) is 0 Å². The first kappa shape index (κ1) is 41.1. The van der Waals surface area contributed by atoms with Crippen molar-refractivity contribution >= 4 is 27.5 Å². The Bertz CT molecular complexity index is 3110. The van der Waals surface area contributed by atoms with Crippen LogP contribution >= 0.6 is 0 Å². The average molecular weight is 973 g/mol. The Hall–Kier alpha value is -6.60. The number of hydrogen-bond acceptors (Lipinski definition) is 3. The first-order valence-electron chi connectivity index (χ1n) is 20.3. The first-order chi connectivity index (χ1) is 28.9. The number of phenolic OH excluding ortho intramolecular Hbond substituents is 1. The number of rotatable bonds is 6. The van der Waals surface area contributed by atoms with Crippen molar-refractivity contribution < 1.29 is 26.2 Å². The minimum atomic E-state index is -0.0736. The smallest absolute Gasteiger partial charge is 0.190 e. The second-order valence-electron chi connectivity index (χ2n) is 17.5. The van der Waals surface area contributed by atoms with Crippen LogP contribution in [-0.4, -0.2) is 19.6 Å². The fraction of sp³-hybridized carbons (Fsp3) is 0.145. The van der Waals surface area contributed by atoms with Crippen LogP contribution in [0.5, 0.6) is 5.75 Å². The minimum absolute atomic E-state index is 0. The van der Waals surface area contributed by atoms with Crippen LogP contribution in [0, 0.1) is 12.6 Å². The molecule has 6 aromatic carbocycles. The summed E-state index contributed by atoms with van der Waals surface area (Å²) < 4.78 is 2.36. The summed E-state index contributed by atoms with van der Waals surface area (Å²) in [6.45, 7) is 20.9. The molecule has 5 nitrogen and oxygen atoms in total. The molecule has 6 heteroatoms. The molecule has 0 bridgehead atoms. The fourth-order valence-electron chi connectivity index (χ4n) is 8.05. The zero-order valence-corrected chi connectivity index (χ0v) is 37.3. The van der Waals surface area contributed by atoms with Gasteiger partial charge in [-0.3, -0.25) is 9.97 Å². The van der Waals surface area contributed by atoms with Gasteiger partial charge in [0.25, 0.3) is 0 Å². The van der Waals surface area contributed by atoms with Crippen LogP contribution in [-0.2, 0) is 31.9 Å². The molecule has 1 N–H and O–H groups in total. The van der Waals surface area contributed by atoms with Crippen molar-refractivity contribution in [1.29, 1.82) is 0 Å². The van der Waals surface area contributed by atoms with Gasteiger partial charge in [0.05, 0.1) is 23.3 Å². The van der Waals surface area contributed by atoms with E-state index >= 15 is 0 Å². The molecule has 0 saturated carbocycles. The molecule has 3 aromatic heterocycles. The van der Waals surface area contributed by atoms with Gasteiger partial charge in [0.1, 0.15) is 5.75 Å². The Kier molecular flexibility index (Phi) is 10.9. The summed E-state index contributed by atoms with van der Waals surface area (Å²) in [5, 5.41) is 13.6. The number of pyridine rings is 2. The molecule has 0 fully saturated rings. The van der Waals surface area contributed by atoms with E-state index in [0.717, 1.165) is 55.8 Å². The van der Waals surface area contributed by atoms with Crippen molar-refractivity contribution in [1.82, 2.24) is 14.5 Å². The van der Waals surface area contributed by atoms with Gasteiger partial charge in [0, 0.05) is 66.2 Å². The number of para-hydroxylation sites is 3. The van der Waals surface area contributed by atoms with Crippen LogP contribution in [0.1, 0.15) is 52.7 Å². The predicted molar refractivity (Wildman–Crippen MR) is 248 cm³/mol. The number of benzene rings is 6. The SMILES string of the molecule is [C-]#[N+]c1ccc(-c2cc(-c3cc(C(C)(C)C)cc(C(C)(C)C)c3)cc(-c3[c-]c(-c4cc(-c5cccc6c7ccccc7n(-c7ccccc7)c56)ccn4)ccc3)n2)c(O)c1.[Pt]. The third-order valence-electron chi connectivity index (χ3n) is 11.3. The molecular formula is C55H45N4OPt-. The Balaban J connectivity index is 0.00000514. The van der Waals surface area contributed by atoms with Gasteiger partial charge < -0.3 is 9.67 Å². The molecule has 0 radical (unpaired) electrons. The van der Waals surface area contributed by atoms with E-state index in [2.05, 4.69) is 166 Å². The number of nitrogens with zero attached hydrogens (tertiary/aromatic N) is 4. The van der Waals surface area contributed by atoms with E-state index in [0.29, 0.717) is 22.6 Å². The van der Waals surface area contributed by atoms with Crippen molar-refractivity contribution in [2.24, 2.45) is 0 Å².